The van der Waals surface area contributed by atoms with E-state index in [9.17, 15) is 20.3 Å². The Kier molecular flexibility index (Phi) is 4.76. The zero-order valence-electron chi connectivity index (χ0n) is 16.5. The lowest BCUT2D eigenvalue weighted by Gasteiger charge is -2.06. The van der Waals surface area contributed by atoms with Gasteiger partial charge in [-0.05, 0) is 47.2 Å². The Morgan fingerprint density at radius 1 is 0.969 bits per heavy atom. The van der Waals surface area contributed by atoms with E-state index in [1.165, 1.54) is 41.8 Å². The number of hydrogen-bond acceptors (Lipinski definition) is 7. The number of rotatable bonds is 4. The third kappa shape index (κ3) is 3.52. The molecule has 0 saturated carbocycles. The van der Waals surface area contributed by atoms with Gasteiger partial charge in [0.1, 0.15) is 16.5 Å². The fourth-order valence-electron chi connectivity index (χ4n) is 3.49. The number of aromatic hydroxyl groups is 2. The van der Waals surface area contributed by atoms with Crippen LogP contribution >= 0.6 is 11.3 Å². The summed E-state index contributed by atoms with van der Waals surface area (Å²) in [5, 5.41) is 33.8. The molecule has 32 heavy (non-hydrogen) atoms. The van der Waals surface area contributed by atoms with E-state index in [-0.39, 0.29) is 17.2 Å². The van der Waals surface area contributed by atoms with Gasteiger partial charge in [0.2, 0.25) is 0 Å². The largest absolute Gasteiger partial charge is 0.507 e. The Bertz CT molecular complexity index is 1510. The van der Waals surface area contributed by atoms with Crippen molar-refractivity contribution in [2.75, 3.05) is 0 Å². The minimum atomic E-state index is -0.462. The van der Waals surface area contributed by atoms with Crippen molar-refractivity contribution in [2.45, 2.75) is 0 Å². The van der Waals surface area contributed by atoms with Crippen LogP contribution in [0.3, 0.4) is 0 Å². The zero-order valence-corrected chi connectivity index (χ0v) is 17.3. The van der Waals surface area contributed by atoms with Crippen LogP contribution in [0.25, 0.3) is 31.6 Å². The normalized spacial score (nSPS) is 11.5. The highest BCUT2D eigenvalue weighted by Gasteiger charge is 2.12. The molecule has 0 bridgehead atoms. The van der Waals surface area contributed by atoms with Gasteiger partial charge in [0.05, 0.1) is 26.4 Å². The van der Waals surface area contributed by atoms with E-state index >= 15 is 0 Å². The van der Waals surface area contributed by atoms with Gasteiger partial charge in [-0.3, -0.25) is 15.1 Å². The molecule has 0 aliphatic heterocycles. The van der Waals surface area contributed by atoms with Crippen LogP contribution in [0.1, 0.15) is 5.56 Å². The lowest BCUT2D eigenvalue weighted by Crippen LogP contribution is -1.90. The van der Waals surface area contributed by atoms with Crippen LogP contribution in [-0.4, -0.2) is 26.3 Å². The molecule has 5 rings (SSSR count). The zero-order chi connectivity index (χ0) is 22.2. The highest BCUT2D eigenvalue weighted by Crippen LogP contribution is 2.37. The maximum Gasteiger partial charge on any atom is 0.270 e. The molecule has 156 valence electrons. The fraction of sp³-hybridized carbons (Fsp3) is 0. The Morgan fingerprint density at radius 3 is 2.59 bits per heavy atom. The number of nitro groups is 1. The number of nitro benzene ring substituents is 1. The monoisotopic (exact) mass is 441 g/mol. The number of phenolic OH excluding ortho intramolecular Hbond substituents is 2. The van der Waals surface area contributed by atoms with Crippen molar-refractivity contribution in [2.24, 2.45) is 4.99 Å². The maximum atomic E-state index is 11.0. The van der Waals surface area contributed by atoms with E-state index in [0.29, 0.717) is 32.6 Å². The highest BCUT2D eigenvalue weighted by molar-refractivity contribution is 7.21. The molecule has 0 aliphatic rings. The number of nitrogens with zero attached hydrogens (tertiary/aromatic N) is 3. The first kappa shape index (κ1) is 19.7. The summed E-state index contributed by atoms with van der Waals surface area (Å²) in [6.45, 7) is 0. The summed E-state index contributed by atoms with van der Waals surface area (Å²) in [7, 11) is 0. The Morgan fingerprint density at radius 2 is 1.81 bits per heavy atom. The summed E-state index contributed by atoms with van der Waals surface area (Å²) in [5.74, 6) is 0.0573. The second kappa shape index (κ2) is 7.75. The van der Waals surface area contributed by atoms with Crippen LogP contribution < -0.4 is 0 Å². The molecule has 0 unspecified atom stereocenters. The van der Waals surface area contributed by atoms with Gasteiger partial charge in [0, 0.05) is 30.0 Å². The molecule has 0 atom stereocenters. The fourth-order valence-corrected chi connectivity index (χ4v) is 4.49. The highest BCUT2D eigenvalue weighted by atomic mass is 32.1. The lowest BCUT2D eigenvalue weighted by atomic mass is 10.0. The summed E-state index contributed by atoms with van der Waals surface area (Å²) < 4.78 is 1.04. The van der Waals surface area contributed by atoms with Crippen molar-refractivity contribution in [3.8, 4) is 22.1 Å². The third-order valence-corrected chi connectivity index (χ3v) is 6.15. The smallest absolute Gasteiger partial charge is 0.270 e. The Balaban J connectivity index is 1.49. The molecule has 0 fully saturated rings. The average molecular weight is 441 g/mol. The molecule has 0 amide bonds. The first-order valence-electron chi connectivity index (χ1n) is 9.63. The summed E-state index contributed by atoms with van der Waals surface area (Å²) in [6.07, 6.45) is 1.48. The molecule has 0 spiro atoms. The molecule has 4 aromatic carbocycles. The van der Waals surface area contributed by atoms with Gasteiger partial charge in [-0.25, -0.2) is 4.98 Å². The van der Waals surface area contributed by atoms with Crippen molar-refractivity contribution < 1.29 is 15.1 Å². The van der Waals surface area contributed by atoms with Crippen molar-refractivity contribution in [1.29, 1.82) is 0 Å². The second-order valence-electron chi connectivity index (χ2n) is 7.11. The van der Waals surface area contributed by atoms with Crippen LogP contribution in [0.2, 0.25) is 0 Å². The molecule has 2 N–H and O–H groups in total. The van der Waals surface area contributed by atoms with Crippen LogP contribution in [-0.2, 0) is 0 Å². The van der Waals surface area contributed by atoms with E-state index < -0.39 is 4.92 Å². The first-order chi connectivity index (χ1) is 15.5. The number of benzene rings is 4. The molecular formula is C24H15N3O4S. The Labute approximate surface area is 185 Å². The van der Waals surface area contributed by atoms with Crippen LogP contribution in [0.4, 0.5) is 11.4 Å². The van der Waals surface area contributed by atoms with Gasteiger partial charge in [0.25, 0.3) is 5.69 Å². The van der Waals surface area contributed by atoms with Gasteiger partial charge < -0.3 is 10.2 Å². The van der Waals surface area contributed by atoms with Gasteiger partial charge in [-0.15, -0.1) is 11.3 Å². The van der Waals surface area contributed by atoms with Crippen LogP contribution in [0.15, 0.2) is 77.8 Å². The van der Waals surface area contributed by atoms with Crippen molar-refractivity contribution in [3.05, 3.63) is 88.5 Å². The van der Waals surface area contributed by atoms with E-state index in [0.717, 1.165) is 10.2 Å². The van der Waals surface area contributed by atoms with E-state index in [1.807, 2.05) is 24.3 Å². The maximum absolute atomic E-state index is 11.0. The quantitative estimate of drug-likeness (QED) is 0.196. The number of fused-ring (bicyclic) bond motifs is 2. The molecule has 0 saturated heterocycles. The number of phenols is 2. The standard InChI is InChI=1S/C24H15N3O4S/c28-21-10-5-14-11-16(27(30)31)7-9-17(14)19(21)13-25-15-6-8-18(22(29)12-15)24-26-20-3-1-2-4-23(20)32-24/h1-13,28-29H. The average Bonchev–Trinajstić information content (AvgIpc) is 3.22. The van der Waals surface area contributed by atoms with Gasteiger partial charge >= 0.3 is 0 Å². The SMILES string of the molecule is O=[N+]([O-])c1ccc2c(C=Nc3ccc(-c4nc5ccccc5s4)c(O)c3)c(O)ccc2c1. The van der Waals surface area contributed by atoms with Crippen LogP contribution in [0, 0.1) is 10.1 Å². The number of para-hydroxylation sites is 1. The summed E-state index contributed by atoms with van der Waals surface area (Å²) >= 11 is 1.50. The number of aromatic nitrogens is 1. The summed E-state index contributed by atoms with van der Waals surface area (Å²) in [6, 6.07) is 20.3. The van der Waals surface area contributed by atoms with E-state index in [4.69, 9.17) is 0 Å². The van der Waals surface area contributed by atoms with Gasteiger partial charge in [-0.1, -0.05) is 18.2 Å². The van der Waals surface area contributed by atoms with Crippen LogP contribution in [0.5, 0.6) is 11.5 Å². The van der Waals surface area contributed by atoms with Gasteiger partial charge in [0.15, 0.2) is 0 Å². The summed E-state index contributed by atoms with van der Waals surface area (Å²) in [5.41, 5.74) is 2.39. The molecule has 1 heterocycles. The number of thiazole rings is 1. The topological polar surface area (TPSA) is 109 Å². The molecule has 7 nitrogen and oxygen atoms in total. The Hall–Kier alpha value is -4.30. The van der Waals surface area contributed by atoms with Gasteiger partial charge in [-0.2, -0.15) is 0 Å². The summed E-state index contributed by atoms with van der Waals surface area (Å²) in [4.78, 5) is 19.5. The first-order valence-corrected chi connectivity index (χ1v) is 10.4. The number of non-ortho nitro benzene ring substituents is 1. The molecule has 0 aliphatic carbocycles. The molecule has 1 aromatic heterocycles. The van der Waals surface area contributed by atoms with Crippen molar-refractivity contribution in [1.82, 2.24) is 4.98 Å². The minimum Gasteiger partial charge on any atom is -0.507 e. The molecule has 0 radical (unpaired) electrons. The van der Waals surface area contributed by atoms with E-state index in [1.54, 1.807) is 24.3 Å². The second-order valence-corrected chi connectivity index (χ2v) is 8.14. The lowest BCUT2D eigenvalue weighted by molar-refractivity contribution is -0.384. The van der Waals surface area contributed by atoms with E-state index in [2.05, 4.69) is 9.98 Å². The third-order valence-electron chi connectivity index (χ3n) is 5.08. The predicted molar refractivity (Wildman–Crippen MR) is 126 cm³/mol. The number of aliphatic imine (C=N–C) groups is 1. The number of hydrogen-bond donors (Lipinski definition) is 2. The predicted octanol–water partition coefficient (Wildman–Crippen LogP) is 6.19. The molecule has 5 aromatic rings. The molecular weight excluding hydrogens is 426 g/mol. The van der Waals surface area contributed by atoms with Crippen molar-refractivity contribution in [3.63, 3.8) is 0 Å². The van der Waals surface area contributed by atoms with Crippen molar-refractivity contribution >= 4 is 49.9 Å². The minimum absolute atomic E-state index is 0.00502. The molecule has 8 heteroatoms.